The Kier molecular flexibility index (Phi) is 12.0. The SMILES string of the molecule is COC(=O)C[C@H](C)OC(=O)c1c(O)cc(O)cc1C[C@@H](C)OC(=O)C[C@@H](C)OC(=O)C[C@@H](O)CO. The van der Waals surface area contributed by atoms with Gasteiger partial charge in [0.15, 0.2) is 0 Å². The molecule has 0 aliphatic heterocycles. The van der Waals surface area contributed by atoms with Gasteiger partial charge in [-0.25, -0.2) is 4.79 Å². The van der Waals surface area contributed by atoms with Crippen LogP contribution in [0.25, 0.3) is 0 Å². The second kappa shape index (κ2) is 14.1. The summed E-state index contributed by atoms with van der Waals surface area (Å²) in [5, 5.41) is 38.1. The molecule has 0 spiro atoms. The van der Waals surface area contributed by atoms with Crippen LogP contribution < -0.4 is 0 Å². The van der Waals surface area contributed by atoms with Crippen LogP contribution in [0.1, 0.15) is 56.0 Å². The van der Waals surface area contributed by atoms with Crippen molar-refractivity contribution in [3.8, 4) is 11.5 Å². The molecule has 0 aliphatic rings. The minimum Gasteiger partial charge on any atom is -0.508 e. The van der Waals surface area contributed by atoms with Gasteiger partial charge in [-0.15, -0.1) is 0 Å². The molecule has 4 atom stereocenters. The van der Waals surface area contributed by atoms with E-state index >= 15 is 0 Å². The number of methoxy groups -OCH3 is 1. The molecule has 0 aromatic heterocycles. The van der Waals surface area contributed by atoms with Crippen LogP contribution in [0.15, 0.2) is 12.1 Å². The normalized spacial score (nSPS) is 14.2. The lowest BCUT2D eigenvalue weighted by molar-refractivity contribution is -0.157. The van der Waals surface area contributed by atoms with Gasteiger partial charge in [0.05, 0.1) is 39.1 Å². The maximum Gasteiger partial charge on any atom is 0.342 e. The van der Waals surface area contributed by atoms with Crippen molar-refractivity contribution >= 4 is 23.9 Å². The first-order chi connectivity index (χ1) is 16.4. The fraction of sp³-hybridized carbons (Fsp3) is 0.565. The van der Waals surface area contributed by atoms with E-state index in [4.69, 9.17) is 19.3 Å². The highest BCUT2D eigenvalue weighted by molar-refractivity contribution is 5.94. The van der Waals surface area contributed by atoms with Crippen molar-refractivity contribution in [2.24, 2.45) is 0 Å². The number of rotatable bonds is 13. The standard InChI is InChI=1S/C23H32O12/c1-12(33-20(29)7-13(2)34-21(30)10-17(26)11-24)5-15-8-16(25)9-18(27)22(15)23(31)35-14(3)6-19(28)32-4/h8-9,12-14,17,24-27H,5-7,10-11H2,1-4H3/t12-,13-,14+,17-/m1/s1. The average molecular weight is 500 g/mol. The van der Waals surface area contributed by atoms with Gasteiger partial charge in [0.2, 0.25) is 0 Å². The Morgan fingerprint density at radius 2 is 1.37 bits per heavy atom. The molecular formula is C23H32O12. The number of aromatic hydroxyl groups is 2. The number of aliphatic hydroxyl groups excluding tert-OH is 2. The van der Waals surface area contributed by atoms with Crippen molar-refractivity contribution in [1.82, 2.24) is 0 Å². The largest absolute Gasteiger partial charge is 0.508 e. The predicted octanol–water partition coefficient (Wildman–Crippen LogP) is 0.745. The second-order valence-electron chi connectivity index (χ2n) is 8.04. The van der Waals surface area contributed by atoms with Crippen molar-refractivity contribution in [3.05, 3.63) is 23.3 Å². The average Bonchev–Trinajstić information content (AvgIpc) is 2.71. The van der Waals surface area contributed by atoms with Crippen LogP contribution in [0.4, 0.5) is 0 Å². The van der Waals surface area contributed by atoms with Gasteiger partial charge in [-0.1, -0.05) is 0 Å². The molecule has 4 N–H and O–H groups in total. The zero-order valence-corrected chi connectivity index (χ0v) is 20.1. The first-order valence-electron chi connectivity index (χ1n) is 10.9. The zero-order chi connectivity index (χ0) is 26.7. The lowest BCUT2D eigenvalue weighted by Gasteiger charge is -2.19. The van der Waals surface area contributed by atoms with Crippen LogP contribution in [-0.4, -0.2) is 82.4 Å². The number of phenols is 2. The van der Waals surface area contributed by atoms with Crippen LogP contribution in [-0.2, 0) is 39.8 Å². The summed E-state index contributed by atoms with van der Waals surface area (Å²) in [5.41, 5.74) is -0.123. The molecule has 1 aromatic rings. The lowest BCUT2D eigenvalue weighted by Crippen LogP contribution is -2.26. The smallest absolute Gasteiger partial charge is 0.342 e. The number of hydrogen-bond donors (Lipinski definition) is 4. The predicted molar refractivity (Wildman–Crippen MR) is 118 cm³/mol. The highest BCUT2D eigenvalue weighted by atomic mass is 16.6. The number of esters is 4. The Bertz CT molecular complexity index is 897. The summed E-state index contributed by atoms with van der Waals surface area (Å²) >= 11 is 0. The Morgan fingerprint density at radius 3 is 1.97 bits per heavy atom. The summed E-state index contributed by atoms with van der Waals surface area (Å²) in [7, 11) is 1.19. The molecule has 0 saturated heterocycles. The van der Waals surface area contributed by atoms with E-state index in [1.807, 2.05) is 0 Å². The van der Waals surface area contributed by atoms with Crippen molar-refractivity contribution in [2.45, 2.75) is 70.9 Å². The molecule has 0 aliphatic carbocycles. The Labute approximate surface area is 202 Å². The van der Waals surface area contributed by atoms with E-state index in [9.17, 15) is 34.5 Å². The van der Waals surface area contributed by atoms with Gasteiger partial charge in [0.25, 0.3) is 0 Å². The second-order valence-corrected chi connectivity index (χ2v) is 8.04. The third kappa shape index (κ3) is 10.6. The summed E-state index contributed by atoms with van der Waals surface area (Å²) in [5.74, 6) is -3.94. The third-order valence-electron chi connectivity index (χ3n) is 4.62. The van der Waals surface area contributed by atoms with Crippen LogP contribution in [0, 0.1) is 0 Å². The number of carbonyl (C=O) groups is 4. The van der Waals surface area contributed by atoms with Gasteiger partial charge >= 0.3 is 23.9 Å². The minimum absolute atomic E-state index is 0.0830. The molecule has 0 unspecified atom stereocenters. The molecule has 35 heavy (non-hydrogen) atoms. The number of phenolic OH excluding ortho intramolecular Hbond substituents is 2. The van der Waals surface area contributed by atoms with E-state index in [0.29, 0.717) is 0 Å². The van der Waals surface area contributed by atoms with Gasteiger partial charge < -0.3 is 39.4 Å². The van der Waals surface area contributed by atoms with E-state index in [2.05, 4.69) is 4.74 Å². The van der Waals surface area contributed by atoms with Crippen molar-refractivity contribution < 1.29 is 58.6 Å². The molecule has 12 nitrogen and oxygen atoms in total. The summed E-state index contributed by atoms with van der Waals surface area (Å²) in [6.45, 7) is 3.83. The third-order valence-corrected chi connectivity index (χ3v) is 4.62. The summed E-state index contributed by atoms with van der Waals surface area (Å²) in [6.07, 6.45) is -4.80. The molecule has 1 rings (SSSR count). The van der Waals surface area contributed by atoms with Crippen LogP contribution in [0.3, 0.4) is 0 Å². The maximum absolute atomic E-state index is 12.6. The Hall–Kier alpha value is -3.38. The van der Waals surface area contributed by atoms with Gasteiger partial charge in [0.1, 0.15) is 35.4 Å². The Morgan fingerprint density at radius 1 is 0.829 bits per heavy atom. The van der Waals surface area contributed by atoms with E-state index in [0.717, 1.165) is 6.07 Å². The quantitative estimate of drug-likeness (QED) is 0.220. The molecule has 12 heteroatoms. The topological polar surface area (TPSA) is 186 Å². The van der Waals surface area contributed by atoms with Crippen LogP contribution >= 0.6 is 0 Å². The lowest BCUT2D eigenvalue weighted by atomic mass is 10.00. The van der Waals surface area contributed by atoms with Gasteiger partial charge in [0, 0.05) is 12.5 Å². The molecule has 196 valence electrons. The molecule has 0 bridgehead atoms. The molecule has 0 amide bonds. The summed E-state index contributed by atoms with van der Waals surface area (Å²) < 4.78 is 20.0. The van der Waals surface area contributed by atoms with Crippen molar-refractivity contribution in [3.63, 3.8) is 0 Å². The molecule has 0 radical (unpaired) electrons. The van der Waals surface area contributed by atoms with Crippen molar-refractivity contribution in [1.29, 1.82) is 0 Å². The maximum atomic E-state index is 12.6. The first kappa shape index (κ1) is 29.7. The van der Waals surface area contributed by atoms with E-state index in [-0.39, 0.29) is 36.1 Å². The van der Waals surface area contributed by atoms with E-state index < -0.39 is 67.1 Å². The van der Waals surface area contributed by atoms with Crippen LogP contribution in [0.5, 0.6) is 11.5 Å². The summed E-state index contributed by atoms with van der Waals surface area (Å²) in [6, 6.07) is 2.16. The number of carbonyl (C=O) groups excluding carboxylic acids is 4. The fourth-order valence-corrected chi connectivity index (χ4v) is 3.10. The fourth-order valence-electron chi connectivity index (χ4n) is 3.10. The van der Waals surface area contributed by atoms with Gasteiger partial charge in [-0.05, 0) is 32.4 Å². The van der Waals surface area contributed by atoms with Crippen molar-refractivity contribution in [2.75, 3.05) is 13.7 Å². The first-order valence-corrected chi connectivity index (χ1v) is 10.9. The van der Waals surface area contributed by atoms with Gasteiger partial charge in [-0.3, -0.25) is 14.4 Å². The van der Waals surface area contributed by atoms with E-state index in [1.54, 1.807) is 0 Å². The van der Waals surface area contributed by atoms with E-state index in [1.165, 1.54) is 33.9 Å². The highest BCUT2D eigenvalue weighted by Crippen LogP contribution is 2.30. The molecule has 0 fully saturated rings. The number of benzene rings is 1. The van der Waals surface area contributed by atoms with Crippen LogP contribution in [0.2, 0.25) is 0 Å². The van der Waals surface area contributed by atoms with Gasteiger partial charge in [-0.2, -0.15) is 0 Å². The molecular weight excluding hydrogens is 468 g/mol. The molecule has 1 aromatic carbocycles. The highest BCUT2D eigenvalue weighted by Gasteiger charge is 2.25. The number of ether oxygens (including phenoxy) is 4. The molecule has 0 heterocycles. The zero-order valence-electron chi connectivity index (χ0n) is 20.1. The number of aliphatic hydroxyl groups is 2. The summed E-state index contributed by atoms with van der Waals surface area (Å²) in [4.78, 5) is 47.8. The monoisotopic (exact) mass is 500 g/mol. The Balaban J connectivity index is 2.79. The minimum atomic E-state index is -1.26. The number of hydrogen-bond acceptors (Lipinski definition) is 12. The molecule has 0 saturated carbocycles.